The van der Waals surface area contributed by atoms with Gasteiger partial charge in [0.25, 0.3) is 5.69 Å². The number of anilines is 1. The topological polar surface area (TPSA) is 153 Å². The first-order chi connectivity index (χ1) is 8.70. The normalized spacial score (nSPS) is 11.0. The highest BCUT2D eigenvalue weighted by Gasteiger charge is 2.19. The maximum atomic E-state index is 10.9. The van der Waals surface area contributed by atoms with Crippen molar-refractivity contribution in [1.82, 2.24) is 0 Å². The summed E-state index contributed by atoms with van der Waals surface area (Å²) in [5, 5.41) is 26.9. The molecule has 10 heteroatoms. The van der Waals surface area contributed by atoms with E-state index < -0.39 is 32.2 Å². The molecule has 19 heavy (non-hydrogen) atoms. The fourth-order valence-corrected chi connectivity index (χ4v) is 1.70. The lowest BCUT2D eigenvalue weighted by Gasteiger charge is -2.06. The Hall–Kier alpha value is -2.20. The molecule has 4 N–H and O–H groups in total. The molecule has 0 aliphatic rings. The zero-order valence-corrected chi connectivity index (χ0v) is 10.4. The smallest absolute Gasteiger partial charge is 0.342 e. The Morgan fingerprint density at radius 3 is 2.58 bits per heavy atom. The fraction of sp³-hybridized carbons (Fsp3) is 0.222. The molecule has 0 heterocycles. The van der Waals surface area contributed by atoms with Crippen LogP contribution in [0.5, 0.6) is 0 Å². The van der Waals surface area contributed by atoms with Crippen LogP contribution >= 0.6 is 0 Å². The molecular weight excluding hydrogens is 278 g/mol. The number of aromatic carboxylic acids is 1. The van der Waals surface area contributed by atoms with Crippen molar-refractivity contribution in [3.05, 3.63) is 33.9 Å². The van der Waals surface area contributed by atoms with Gasteiger partial charge in [-0.1, -0.05) is 0 Å². The predicted octanol–water partition coefficient (Wildman–Crippen LogP) is -0.00660. The minimum Gasteiger partial charge on any atom is -0.477 e. The van der Waals surface area contributed by atoms with Crippen LogP contribution in [0, 0.1) is 10.1 Å². The quantitative estimate of drug-likeness (QED) is 0.491. The Bertz CT molecular complexity index is 612. The maximum Gasteiger partial charge on any atom is 0.342 e. The van der Waals surface area contributed by atoms with Crippen molar-refractivity contribution in [1.29, 1.82) is 0 Å². The lowest BCUT2D eigenvalue weighted by Crippen LogP contribution is -2.22. The van der Waals surface area contributed by atoms with Crippen LogP contribution in [0.15, 0.2) is 18.2 Å². The number of benzene rings is 1. The van der Waals surface area contributed by atoms with Gasteiger partial charge in [0, 0.05) is 18.3 Å². The Morgan fingerprint density at radius 1 is 1.47 bits per heavy atom. The summed E-state index contributed by atoms with van der Waals surface area (Å²) in [6, 6.07) is 3.38. The van der Waals surface area contributed by atoms with E-state index in [4.69, 9.17) is 10.2 Å². The van der Waals surface area contributed by atoms with E-state index in [0.717, 1.165) is 12.1 Å². The van der Waals surface area contributed by atoms with Gasteiger partial charge in [-0.2, -0.15) is 0 Å². The van der Waals surface area contributed by atoms with Crippen LogP contribution in [0.2, 0.25) is 0 Å². The van der Waals surface area contributed by atoms with E-state index in [9.17, 15) is 23.3 Å². The molecule has 0 amide bonds. The van der Waals surface area contributed by atoms with Gasteiger partial charge >= 0.3 is 5.97 Å². The third-order valence-corrected chi connectivity index (χ3v) is 2.91. The molecule has 1 aromatic carbocycles. The Balaban J connectivity index is 2.90. The Morgan fingerprint density at radius 2 is 2.11 bits per heavy atom. The van der Waals surface area contributed by atoms with Crippen LogP contribution in [-0.2, 0) is 10.0 Å². The van der Waals surface area contributed by atoms with Crippen LogP contribution in [0.1, 0.15) is 10.4 Å². The summed E-state index contributed by atoms with van der Waals surface area (Å²) in [4.78, 5) is 20.7. The third-order valence-electron chi connectivity index (χ3n) is 2.14. The fourth-order valence-electron chi connectivity index (χ4n) is 1.31. The molecule has 0 bridgehead atoms. The number of rotatable bonds is 6. The molecule has 0 aliphatic carbocycles. The lowest BCUT2D eigenvalue weighted by atomic mass is 10.1. The monoisotopic (exact) mass is 289 g/mol. The van der Waals surface area contributed by atoms with E-state index in [1.165, 1.54) is 6.07 Å². The number of carboxylic acid groups (broad SMARTS) is 1. The number of hydrogen-bond donors (Lipinski definition) is 3. The second-order valence-corrected chi connectivity index (χ2v) is 5.32. The van der Waals surface area contributed by atoms with Crippen LogP contribution in [0.3, 0.4) is 0 Å². The SMILES string of the molecule is NS(=O)(=O)CCNc1ccc([N+](=O)[O-])c(C(=O)O)c1. The summed E-state index contributed by atoms with van der Waals surface area (Å²) in [7, 11) is -3.63. The number of sulfonamides is 1. The number of nitro groups is 1. The van der Waals surface area contributed by atoms with Gasteiger partial charge in [0.1, 0.15) is 5.56 Å². The standard InChI is InChI=1S/C9H11N3O6S/c10-19(17,18)4-3-11-6-1-2-8(12(15)16)7(5-6)9(13)14/h1-2,5,11H,3-4H2,(H,13,14)(H2,10,17,18). The van der Waals surface area contributed by atoms with Gasteiger partial charge in [-0.3, -0.25) is 10.1 Å². The van der Waals surface area contributed by atoms with Crippen LogP contribution in [-0.4, -0.2) is 36.7 Å². The number of nitrogens with two attached hydrogens (primary N) is 1. The number of carboxylic acids is 1. The molecule has 1 aromatic rings. The minimum atomic E-state index is -3.63. The van der Waals surface area contributed by atoms with Crippen molar-refractivity contribution in [3.8, 4) is 0 Å². The second kappa shape index (κ2) is 5.63. The van der Waals surface area contributed by atoms with Crippen molar-refractivity contribution < 1.29 is 23.2 Å². The highest BCUT2D eigenvalue weighted by molar-refractivity contribution is 7.89. The minimum absolute atomic E-state index is 0.0320. The zero-order chi connectivity index (χ0) is 14.6. The first-order valence-electron chi connectivity index (χ1n) is 4.97. The van der Waals surface area contributed by atoms with Crippen molar-refractivity contribution >= 4 is 27.4 Å². The van der Waals surface area contributed by atoms with Gasteiger partial charge in [-0.25, -0.2) is 18.4 Å². The average Bonchev–Trinajstić information content (AvgIpc) is 2.26. The van der Waals surface area contributed by atoms with Crippen molar-refractivity contribution in [2.75, 3.05) is 17.6 Å². The molecule has 104 valence electrons. The molecule has 0 unspecified atom stereocenters. The molecule has 0 spiro atoms. The Labute approximate surface area is 108 Å². The van der Waals surface area contributed by atoms with Gasteiger partial charge in [0.15, 0.2) is 0 Å². The molecule has 9 nitrogen and oxygen atoms in total. The summed E-state index contributed by atoms with van der Waals surface area (Å²) in [6.07, 6.45) is 0. The summed E-state index contributed by atoms with van der Waals surface area (Å²) >= 11 is 0. The van der Waals surface area contributed by atoms with E-state index in [2.05, 4.69) is 5.32 Å². The van der Waals surface area contributed by atoms with E-state index in [-0.39, 0.29) is 18.0 Å². The summed E-state index contributed by atoms with van der Waals surface area (Å²) < 4.78 is 21.4. The highest BCUT2D eigenvalue weighted by atomic mass is 32.2. The first kappa shape index (κ1) is 14.9. The molecule has 0 radical (unpaired) electrons. The summed E-state index contributed by atoms with van der Waals surface area (Å²) in [5.41, 5.74) is -0.762. The number of nitrogens with one attached hydrogen (secondary N) is 1. The number of nitrogens with zero attached hydrogens (tertiary/aromatic N) is 1. The van der Waals surface area contributed by atoms with Crippen LogP contribution < -0.4 is 10.5 Å². The molecule has 1 rings (SSSR count). The second-order valence-electron chi connectivity index (χ2n) is 3.59. The average molecular weight is 289 g/mol. The Kier molecular flexibility index (Phi) is 4.40. The molecule has 0 saturated carbocycles. The van der Waals surface area contributed by atoms with Crippen LogP contribution in [0.4, 0.5) is 11.4 Å². The van der Waals surface area contributed by atoms with Gasteiger partial charge in [-0.05, 0) is 12.1 Å². The van der Waals surface area contributed by atoms with E-state index in [1.54, 1.807) is 0 Å². The van der Waals surface area contributed by atoms with E-state index >= 15 is 0 Å². The van der Waals surface area contributed by atoms with E-state index in [1.807, 2.05) is 0 Å². The number of primary sulfonamides is 1. The van der Waals surface area contributed by atoms with Gasteiger partial charge in [0.05, 0.1) is 10.7 Å². The van der Waals surface area contributed by atoms with Crippen molar-refractivity contribution in [2.45, 2.75) is 0 Å². The number of carbonyl (C=O) groups is 1. The highest BCUT2D eigenvalue weighted by Crippen LogP contribution is 2.22. The first-order valence-corrected chi connectivity index (χ1v) is 6.68. The number of nitro benzene ring substituents is 1. The molecular formula is C9H11N3O6S. The maximum absolute atomic E-state index is 10.9. The predicted molar refractivity (Wildman–Crippen MR) is 66.5 cm³/mol. The third kappa shape index (κ3) is 4.52. The molecule has 0 fully saturated rings. The van der Waals surface area contributed by atoms with Gasteiger partial charge in [0.2, 0.25) is 10.0 Å². The number of hydrogen-bond acceptors (Lipinski definition) is 6. The summed E-state index contributed by atoms with van der Waals surface area (Å²) in [6.45, 7) is -0.0320. The van der Waals surface area contributed by atoms with Gasteiger partial charge in [-0.15, -0.1) is 0 Å². The van der Waals surface area contributed by atoms with Crippen molar-refractivity contribution in [2.24, 2.45) is 5.14 Å². The molecule has 0 saturated heterocycles. The largest absolute Gasteiger partial charge is 0.477 e. The molecule has 0 aliphatic heterocycles. The zero-order valence-electron chi connectivity index (χ0n) is 9.57. The summed E-state index contributed by atoms with van der Waals surface area (Å²) in [5.74, 6) is -1.78. The molecule has 0 atom stereocenters. The van der Waals surface area contributed by atoms with Crippen LogP contribution in [0.25, 0.3) is 0 Å². The molecule has 0 aromatic heterocycles. The van der Waals surface area contributed by atoms with Crippen molar-refractivity contribution in [3.63, 3.8) is 0 Å². The lowest BCUT2D eigenvalue weighted by molar-refractivity contribution is -0.385. The van der Waals surface area contributed by atoms with Gasteiger partial charge < -0.3 is 10.4 Å². The van der Waals surface area contributed by atoms with E-state index in [0.29, 0.717) is 0 Å².